The van der Waals surface area contributed by atoms with E-state index in [0.29, 0.717) is 0 Å². The lowest BCUT2D eigenvalue weighted by Crippen LogP contribution is -2.11. The minimum Gasteiger partial charge on any atom is -0.310 e. The fraction of sp³-hybridized carbons (Fsp3) is 0. The van der Waals surface area contributed by atoms with Gasteiger partial charge in [0, 0.05) is 50.0 Å². The average Bonchev–Trinajstić information content (AvgIpc) is 3.81. The molecule has 0 unspecified atom stereocenters. The standard InChI is InChI=1S/C54H37N3/c1-3-15-38(16-4-1)40-35-41(39-17-5-2-6-18-39)37-46(36-40)55(42-27-31-44(32-28-42)56-51-23-11-7-19-47(51)48-20-8-12-24-52(48)56)43-29-33-45(34-30-43)57-53-25-13-9-21-49(53)50-22-10-14-26-54(50)57/h1-37H. The van der Waals surface area contributed by atoms with Crippen LogP contribution in [0.4, 0.5) is 17.1 Å². The quantitative estimate of drug-likeness (QED) is 0.159. The first-order chi connectivity index (χ1) is 28.3. The zero-order valence-electron chi connectivity index (χ0n) is 31.2. The number of hydrogen-bond donors (Lipinski definition) is 0. The van der Waals surface area contributed by atoms with Crippen molar-refractivity contribution in [3.05, 3.63) is 224 Å². The third-order valence-electron chi connectivity index (χ3n) is 11.3. The highest BCUT2D eigenvalue weighted by Crippen LogP contribution is 2.41. The number of fused-ring (bicyclic) bond motifs is 6. The molecule has 0 N–H and O–H groups in total. The molecule has 0 saturated carbocycles. The SMILES string of the molecule is c1ccc(-c2cc(-c3ccccc3)cc(N(c3ccc(-n4c5ccccc5c5ccccc54)cc3)c3ccc(-n4c5ccccc5c5ccccc54)cc3)c2)cc1. The summed E-state index contributed by atoms with van der Waals surface area (Å²) in [6.45, 7) is 0. The highest BCUT2D eigenvalue weighted by atomic mass is 15.1. The van der Waals surface area contributed by atoms with Crippen LogP contribution >= 0.6 is 0 Å². The van der Waals surface area contributed by atoms with E-state index >= 15 is 0 Å². The third kappa shape index (κ3) is 5.60. The van der Waals surface area contributed by atoms with Crippen molar-refractivity contribution in [3.63, 3.8) is 0 Å². The first kappa shape index (κ1) is 32.8. The molecule has 0 saturated heterocycles. The second kappa shape index (κ2) is 13.6. The first-order valence-electron chi connectivity index (χ1n) is 19.5. The summed E-state index contributed by atoms with van der Waals surface area (Å²) >= 11 is 0. The van der Waals surface area contributed by atoms with Gasteiger partial charge in [-0.05, 0) is 113 Å². The van der Waals surface area contributed by atoms with Crippen molar-refractivity contribution in [1.82, 2.24) is 9.13 Å². The molecule has 0 fully saturated rings. The molecule has 11 rings (SSSR count). The fourth-order valence-corrected chi connectivity index (χ4v) is 8.68. The summed E-state index contributed by atoms with van der Waals surface area (Å²) in [7, 11) is 0. The van der Waals surface area contributed by atoms with Crippen LogP contribution in [-0.4, -0.2) is 9.13 Å². The van der Waals surface area contributed by atoms with Crippen molar-refractivity contribution in [3.8, 4) is 33.6 Å². The van der Waals surface area contributed by atoms with E-state index in [1.54, 1.807) is 0 Å². The Morgan fingerprint density at radius 1 is 0.246 bits per heavy atom. The maximum absolute atomic E-state index is 2.39. The van der Waals surface area contributed by atoms with E-state index in [4.69, 9.17) is 0 Å². The molecule has 0 aliphatic heterocycles. The van der Waals surface area contributed by atoms with Crippen LogP contribution in [0, 0.1) is 0 Å². The van der Waals surface area contributed by atoms with Gasteiger partial charge in [0.2, 0.25) is 0 Å². The lowest BCUT2D eigenvalue weighted by atomic mass is 9.97. The van der Waals surface area contributed by atoms with E-state index < -0.39 is 0 Å². The second-order valence-electron chi connectivity index (χ2n) is 14.6. The van der Waals surface area contributed by atoms with Crippen LogP contribution in [0.25, 0.3) is 77.2 Å². The van der Waals surface area contributed by atoms with E-state index in [2.05, 4.69) is 238 Å². The topological polar surface area (TPSA) is 13.1 Å². The number of rotatable bonds is 7. The van der Waals surface area contributed by atoms with Crippen molar-refractivity contribution >= 4 is 60.7 Å². The molecule has 0 amide bonds. The molecule has 2 heterocycles. The summed E-state index contributed by atoms with van der Waals surface area (Å²) in [4.78, 5) is 2.39. The molecule has 2 aromatic heterocycles. The number of para-hydroxylation sites is 4. The minimum atomic E-state index is 1.08. The lowest BCUT2D eigenvalue weighted by molar-refractivity contribution is 1.17. The number of anilines is 3. The normalized spacial score (nSPS) is 11.5. The van der Waals surface area contributed by atoms with Crippen molar-refractivity contribution < 1.29 is 0 Å². The van der Waals surface area contributed by atoms with E-state index in [1.807, 2.05) is 0 Å². The van der Waals surface area contributed by atoms with Crippen molar-refractivity contribution in [2.75, 3.05) is 4.90 Å². The maximum Gasteiger partial charge on any atom is 0.0541 e. The van der Waals surface area contributed by atoms with Crippen LogP contribution < -0.4 is 4.90 Å². The van der Waals surface area contributed by atoms with Gasteiger partial charge in [-0.2, -0.15) is 0 Å². The van der Waals surface area contributed by atoms with Crippen LogP contribution in [0.1, 0.15) is 0 Å². The van der Waals surface area contributed by atoms with Crippen LogP contribution in [0.15, 0.2) is 224 Å². The zero-order valence-corrected chi connectivity index (χ0v) is 31.2. The zero-order chi connectivity index (χ0) is 37.7. The predicted octanol–water partition coefficient (Wildman–Crippen LogP) is 14.7. The molecule has 0 bridgehead atoms. The van der Waals surface area contributed by atoms with Gasteiger partial charge >= 0.3 is 0 Å². The van der Waals surface area contributed by atoms with E-state index in [-0.39, 0.29) is 0 Å². The number of benzene rings is 9. The number of hydrogen-bond acceptors (Lipinski definition) is 1. The van der Waals surface area contributed by atoms with Crippen LogP contribution in [-0.2, 0) is 0 Å². The largest absolute Gasteiger partial charge is 0.310 e. The van der Waals surface area contributed by atoms with Crippen LogP contribution in [0.3, 0.4) is 0 Å². The highest BCUT2D eigenvalue weighted by molar-refractivity contribution is 6.10. The van der Waals surface area contributed by atoms with Gasteiger partial charge in [-0.15, -0.1) is 0 Å². The van der Waals surface area contributed by atoms with E-state index in [9.17, 15) is 0 Å². The summed E-state index contributed by atoms with van der Waals surface area (Å²) in [6, 6.07) is 81.2. The van der Waals surface area contributed by atoms with Gasteiger partial charge in [0.1, 0.15) is 0 Å². The minimum absolute atomic E-state index is 1.08. The molecule has 3 heteroatoms. The lowest BCUT2D eigenvalue weighted by Gasteiger charge is -2.27. The molecule has 57 heavy (non-hydrogen) atoms. The molecule has 0 aliphatic carbocycles. The molecular weight excluding hydrogens is 691 g/mol. The monoisotopic (exact) mass is 727 g/mol. The Morgan fingerprint density at radius 3 is 0.912 bits per heavy atom. The van der Waals surface area contributed by atoms with E-state index in [0.717, 1.165) is 28.4 Å². The molecule has 0 spiro atoms. The van der Waals surface area contributed by atoms with Gasteiger partial charge < -0.3 is 14.0 Å². The van der Waals surface area contributed by atoms with Crippen molar-refractivity contribution in [1.29, 1.82) is 0 Å². The van der Waals surface area contributed by atoms with E-state index in [1.165, 1.54) is 65.9 Å². The Hall–Kier alpha value is -7.62. The second-order valence-corrected chi connectivity index (χ2v) is 14.6. The smallest absolute Gasteiger partial charge is 0.0541 e. The Balaban J connectivity index is 1.10. The summed E-state index contributed by atoms with van der Waals surface area (Å²) in [6.07, 6.45) is 0. The van der Waals surface area contributed by atoms with Crippen LogP contribution in [0.5, 0.6) is 0 Å². The highest BCUT2D eigenvalue weighted by Gasteiger charge is 2.19. The molecule has 11 aromatic rings. The van der Waals surface area contributed by atoms with Crippen molar-refractivity contribution in [2.24, 2.45) is 0 Å². The number of nitrogens with zero attached hydrogens (tertiary/aromatic N) is 3. The Kier molecular flexibility index (Phi) is 7.82. The third-order valence-corrected chi connectivity index (χ3v) is 11.3. The summed E-state index contributed by atoms with van der Waals surface area (Å²) < 4.78 is 4.76. The van der Waals surface area contributed by atoms with Gasteiger partial charge in [0.05, 0.1) is 22.1 Å². The van der Waals surface area contributed by atoms with Crippen molar-refractivity contribution in [2.45, 2.75) is 0 Å². The summed E-state index contributed by atoms with van der Waals surface area (Å²) in [5, 5.41) is 5.03. The maximum atomic E-state index is 2.39. The Bertz CT molecular complexity index is 2890. The fourth-order valence-electron chi connectivity index (χ4n) is 8.68. The predicted molar refractivity (Wildman–Crippen MR) is 241 cm³/mol. The number of aromatic nitrogens is 2. The molecule has 9 aromatic carbocycles. The van der Waals surface area contributed by atoms with Crippen LogP contribution in [0.2, 0.25) is 0 Å². The molecular formula is C54H37N3. The molecule has 268 valence electrons. The molecule has 0 radical (unpaired) electrons. The average molecular weight is 728 g/mol. The molecule has 3 nitrogen and oxygen atoms in total. The summed E-state index contributed by atoms with van der Waals surface area (Å²) in [5.41, 5.74) is 15.0. The van der Waals surface area contributed by atoms with Gasteiger partial charge in [0.25, 0.3) is 0 Å². The van der Waals surface area contributed by atoms with Gasteiger partial charge in [-0.1, -0.05) is 133 Å². The van der Waals surface area contributed by atoms with Gasteiger partial charge in [-0.3, -0.25) is 0 Å². The van der Waals surface area contributed by atoms with Gasteiger partial charge in [0.15, 0.2) is 0 Å². The molecule has 0 atom stereocenters. The molecule has 0 aliphatic rings. The Morgan fingerprint density at radius 2 is 0.561 bits per heavy atom. The van der Waals surface area contributed by atoms with Gasteiger partial charge in [-0.25, -0.2) is 0 Å². The Labute approximate surface area is 331 Å². The summed E-state index contributed by atoms with van der Waals surface area (Å²) in [5.74, 6) is 0. The first-order valence-corrected chi connectivity index (χ1v) is 19.5.